The second-order valence-electron chi connectivity index (χ2n) is 4.91. The van der Waals surface area contributed by atoms with Gasteiger partial charge in [-0.25, -0.2) is 4.79 Å². The second-order valence-corrected chi connectivity index (χ2v) is 4.91. The average molecular weight is 278 g/mol. The maximum absolute atomic E-state index is 11.9. The third-order valence-electron chi connectivity index (χ3n) is 3.39. The lowest BCUT2D eigenvalue weighted by molar-refractivity contribution is -0.143. The highest BCUT2D eigenvalue weighted by Gasteiger charge is 2.26. The van der Waals surface area contributed by atoms with Crippen LogP contribution in [-0.4, -0.2) is 45.1 Å². The van der Waals surface area contributed by atoms with Gasteiger partial charge in [-0.3, -0.25) is 14.8 Å². The van der Waals surface area contributed by atoms with Gasteiger partial charge in [0.05, 0.1) is 30.0 Å². The summed E-state index contributed by atoms with van der Waals surface area (Å²) < 4.78 is 0. The van der Waals surface area contributed by atoms with Crippen molar-refractivity contribution in [2.75, 3.05) is 13.1 Å². The van der Waals surface area contributed by atoms with Crippen molar-refractivity contribution in [1.82, 2.24) is 20.2 Å². The Hall–Kier alpha value is -2.18. The first kappa shape index (κ1) is 14.2. The number of nitrogens with zero attached hydrogens (tertiary/aromatic N) is 3. The van der Waals surface area contributed by atoms with Crippen LogP contribution in [0, 0.1) is 12.8 Å². The van der Waals surface area contributed by atoms with Gasteiger partial charge in [0.25, 0.3) is 0 Å². The number of rotatable bonds is 3. The zero-order valence-electron chi connectivity index (χ0n) is 11.4. The predicted octanol–water partition coefficient (Wildman–Crippen LogP) is 0.791. The highest BCUT2D eigenvalue weighted by molar-refractivity contribution is 5.75. The molecule has 0 aliphatic carbocycles. The fourth-order valence-electron chi connectivity index (χ4n) is 2.12. The van der Waals surface area contributed by atoms with Crippen LogP contribution in [0.2, 0.25) is 0 Å². The van der Waals surface area contributed by atoms with Crippen LogP contribution < -0.4 is 5.32 Å². The molecule has 108 valence electrons. The van der Waals surface area contributed by atoms with Gasteiger partial charge >= 0.3 is 12.0 Å². The number of carbonyl (C=O) groups is 2. The van der Waals surface area contributed by atoms with Gasteiger partial charge in [-0.1, -0.05) is 0 Å². The van der Waals surface area contributed by atoms with Crippen LogP contribution in [0.1, 0.15) is 24.2 Å². The number of amides is 2. The molecule has 1 aliphatic heterocycles. The van der Waals surface area contributed by atoms with E-state index < -0.39 is 5.97 Å². The molecule has 2 N–H and O–H groups in total. The average Bonchev–Trinajstić information content (AvgIpc) is 2.46. The van der Waals surface area contributed by atoms with E-state index in [1.165, 1.54) is 0 Å². The first-order chi connectivity index (χ1) is 9.56. The maximum Gasteiger partial charge on any atom is 0.317 e. The fraction of sp³-hybridized carbons (Fsp3) is 0.538. The highest BCUT2D eigenvalue weighted by Crippen LogP contribution is 2.17. The zero-order valence-corrected chi connectivity index (χ0v) is 11.4. The molecule has 0 bridgehead atoms. The lowest BCUT2D eigenvalue weighted by Crippen LogP contribution is -2.45. The number of carboxylic acids is 1. The molecule has 1 saturated heterocycles. The number of hydrogen-bond donors (Lipinski definition) is 2. The molecule has 2 heterocycles. The monoisotopic (exact) mass is 278 g/mol. The molecule has 1 fully saturated rings. The number of piperidine rings is 1. The van der Waals surface area contributed by atoms with E-state index in [4.69, 9.17) is 5.11 Å². The third kappa shape index (κ3) is 3.66. The minimum absolute atomic E-state index is 0.184. The molecule has 0 atom stereocenters. The van der Waals surface area contributed by atoms with Crippen molar-refractivity contribution in [3.63, 3.8) is 0 Å². The van der Waals surface area contributed by atoms with Gasteiger partial charge in [0.15, 0.2) is 0 Å². The van der Waals surface area contributed by atoms with Crippen LogP contribution in [0.3, 0.4) is 0 Å². The molecule has 1 aromatic heterocycles. The summed E-state index contributed by atoms with van der Waals surface area (Å²) in [7, 11) is 0. The van der Waals surface area contributed by atoms with Crippen molar-refractivity contribution >= 4 is 12.0 Å². The van der Waals surface area contributed by atoms with Crippen molar-refractivity contribution in [1.29, 1.82) is 0 Å². The SMILES string of the molecule is Cc1cnc(CNC(=O)N2CCC(C(=O)O)CC2)cn1. The minimum atomic E-state index is -0.778. The predicted molar refractivity (Wildman–Crippen MR) is 70.9 cm³/mol. The molecule has 0 unspecified atom stereocenters. The zero-order chi connectivity index (χ0) is 14.5. The first-order valence-electron chi connectivity index (χ1n) is 6.59. The molecular formula is C13H18N4O3. The Morgan fingerprint density at radius 2 is 2.05 bits per heavy atom. The summed E-state index contributed by atoms with van der Waals surface area (Å²) in [4.78, 5) is 32.7. The number of aryl methyl sites for hydroxylation is 1. The number of urea groups is 1. The minimum Gasteiger partial charge on any atom is -0.481 e. The lowest BCUT2D eigenvalue weighted by atomic mass is 9.97. The van der Waals surface area contributed by atoms with E-state index >= 15 is 0 Å². The molecule has 7 heteroatoms. The molecule has 0 aromatic carbocycles. The normalized spacial score (nSPS) is 15.9. The van der Waals surface area contributed by atoms with E-state index in [9.17, 15) is 9.59 Å². The summed E-state index contributed by atoms with van der Waals surface area (Å²) >= 11 is 0. The molecule has 0 saturated carbocycles. The molecular weight excluding hydrogens is 260 g/mol. The van der Waals surface area contributed by atoms with E-state index in [0.29, 0.717) is 38.2 Å². The summed E-state index contributed by atoms with van der Waals surface area (Å²) in [6, 6.07) is -0.184. The third-order valence-corrected chi connectivity index (χ3v) is 3.39. The summed E-state index contributed by atoms with van der Waals surface area (Å²) in [6.45, 7) is 3.12. The number of carboxylic acid groups (broad SMARTS) is 1. The summed E-state index contributed by atoms with van der Waals surface area (Å²) in [5, 5.41) is 11.7. The number of aromatic nitrogens is 2. The lowest BCUT2D eigenvalue weighted by Gasteiger charge is -2.30. The van der Waals surface area contributed by atoms with E-state index in [-0.39, 0.29) is 11.9 Å². The van der Waals surface area contributed by atoms with Gasteiger partial charge in [-0.15, -0.1) is 0 Å². The van der Waals surface area contributed by atoms with Gasteiger partial charge < -0.3 is 15.3 Å². The second kappa shape index (κ2) is 6.31. The van der Waals surface area contributed by atoms with E-state index in [0.717, 1.165) is 5.69 Å². The van der Waals surface area contributed by atoms with E-state index in [1.54, 1.807) is 17.3 Å². The number of likely N-dealkylation sites (tertiary alicyclic amines) is 1. The van der Waals surface area contributed by atoms with Crippen molar-refractivity contribution < 1.29 is 14.7 Å². The van der Waals surface area contributed by atoms with Crippen molar-refractivity contribution in [2.45, 2.75) is 26.3 Å². The summed E-state index contributed by atoms with van der Waals surface area (Å²) in [5.74, 6) is -1.11. The van der Waals surface area contributed by atoms with Gasteiger partial charge in [-0.05, 0) is 19.8 Å². The Bertz CT molecular complexity index is 481. The Balaban J connectivity index is 1.78. The molecule has 7 nitrogen and oxygen atoms in total. The van der Waals surface area contributed by atoms with Crippen molar-refractivity contribution in [3.8, 4) is 0 Å². The number of nitrogens with one attached hydrogen (secondary N) is 1. The van der Waals surface area contributed by atoms with E-state index in [2.05, 4.69) is 15.3 Å². The topological polar surface area (TPSA) is 95.4 Å². The Morgan fingerprint density at radius 1 is 1.35 bits per heavy atom. The molecule has 2 amide bonds. The molecule has 0 spiro atoms. The first-order valence-corrected chi connectivity index (χ1v) is 6.59. The van der Waals surface area contributed by atoms with Crippen LogP contribution in [0.5, 0.6) is 0 Å². The van der Waals surface area contributed by atoms with E-state index in [1.807, 2.05) is 6.92 Å². The Labute approximate surface area is 117 Å². The highest BCUT2D eigenvalue weighted by atomic mass is 16.4. The van der Waals surface area contributed by atoms with Gasteiger partial charge in [0.1, 0.15) is 0 Å². The molecule has 1 aromatic rings. The van der Waals surface area contributed by atoms with Gasteiger partial charge in [0.2, 0.25) is 0 Å². The van der Waals surface area contributed by atoms with Crippen LogP contribution >= 0.6 is 0 Å². The quantitative estimate of drug-likeness (QED) is 0.852. The van der Waals surface area contributed by atoms with Crippen LogP contribution in [-0.2, 0) is 11.3 Å². The summed E-state index contributed by atoms with van der Waals surface area (Å²) in [5.41, 5.74) is 1.53. The van der Waals surface area contributed by atoms with Crippen molar-refractivity contribution in [2.24, 2.45) is 5.92 Å². The van der Waals surface area contributed by atoms with Crippen LogP contribution in [0.25, 0.3) is 0 Å². The van der Waals surface area contributed by atoms with Crippen LogP contribution in [0.15, 0.2) is 12.4 Å². The molecule has 1 aliphatic rings. The Kier molecular flexibility index (Phi) is 4.49. The number of hydrogen-bond acceptors (Lipinski definition) is 4. The number of carbonyl (C=O) groups excluding carboxylic acids is 1. The summed E-state index contributed by atoms with van der Waals surface area (Å²) in [6.07, 6.45) is 4.30. The largest absolute Gasteiger partial charge is 0.481 e. The molecule has 0 radical (unpaired) electrons. The van der Waals surface area contributed by atoms with Crippen LogP contribution in [0.4, 0.5) is 4.79 Å². The number of aliphatic carboxylic acids is 1. The standard InChI is InChI=1S/C13H18N4O3/c1-9-6-15-11(7-14-9)8-16-13(20)17-4-2-10(3-5-17)12(18)19/h6-7,10H,2-5,8H2,1H3,(H,16,20)(H,18,19). The Morgan fingerprint density at radius 3 is 2.60 bits per heavy atom. The molecule has 2 rings (SSSR count). The molecule has 20 heavy (non-hydrogen) atoms. The van der Waals surface area contributed by atoms with Gasteiger partial charge in [0, 0.05) is 19.3 Å². The van der Waals surface area contributed by atoms with Crippen molar-refractivity contribution in [3.05, 3.63) is 23.8 Å². The van der Waals surface area contributed by atoms with Gasteiger partial charge in [-0.2, -0.15) is 0 Å². The smallest absolute Gasteiger partial charge is 0.317 e. The maximum atomic E-state index is 11.9. The fourth-order valence-corrected chi connectivity index (χ4v) is 2.12.